The normalized spacial score (nSPS) is 18.2. The van der Waals surface area contributed by atoms with Gasteiger partial charge in [-0.1, -0.05) is 12.1 Å². The van der Waals surface area contributed by atoms with E-state index in [0.29, 0.717) is 18.8 Å². The molecule has 0 spiro atoms. The van der Waals surface area contributed by atoms with Crippen LogP contribution in [0.25, 0.3) is 0 Å². The predicted octanol–water partition coefficient (Wildman–Crippen LogP) is 3.80. The van der Waals surface area contributed by atoms with Crippen LogP contribution in [-0.4, -0.2) is 29.4 Å². The molecule has 122 valence electrons. The van der Waals surface area contributed by atoms with Crippen LogP contribution in [0.3, 0.4) is 0 Å². The minimum absolute atomic E-state index is 0.00979. The van der Waals surface area contributed by atoms with Crippen molar-refractivity contribution in [2.45, 2.75) is 31.9 Å². The molecule has 6 heteroatoms. The molecule has 4 nitrogen and oxygen atoms in total. The fourth-order valence-electron chi connectivity index (χ4n) is 2.95. The van der Waals surface area contributed by atoms with E-state index in [-0.39, 0.29) is 17.8 Å². The Hall–Kier alpha value is -1.79. The van der Waals surface area contributed by atoms with E-state index in [0.717, 1.165) is 29.8 Å². The van der Waals surface area contributed by atoms with Crippen molar-refractivity contribution < 1.29 is 13.9 Å². The summed E-state index contributed by atoms with van der Waals surface area (Å²) in [6, 6.07) is 6.42. The molecule has 1 atom stereocenters. The van der Waals surface area contributed by atoms with Crippen LogP contribution in [0.5, 0.6) is 0 Å². The van der Waals surface area contributed by atoms with Gasteiger partial charge in [-0.3, -0.25) is 4.79 Å². The zero-order valence-corrected chi connectivity index (χ0v) is 13.8. The first-order valence-electron chi connectivity index (χ1n) is 7.69. The second-order valence-corrected chi connectivity index (χ2v) is 6.56. The Morgan fingerprint density at radius 3 is 2.91 bits per heavy atom. The van der Waals surface area contributed by atoms with Crippen molar-refractivity contribution >= 4 is 17.2 Å². The van der Waals surface area contributed by atoms with E-state index in [4.69, 9.17) is 4.74 Å². The van der Waals surface area contributed by atoms with Gasteiger partial charge in [-0.2, -0.15) is 0 Å². The number of nitrogens with zero attached hydrogens (tertiary/aromatic N) is 2. The summed E-state index contributed by atoms with van der Waals surface area (Å²) >= 11 is 1.43. The summed E-state index contributed by atoms with van der Waals surface area (Å²) in [6.07, 6.45) is 2.95. The molecule has 1 amide bonds. The lowest BCUT2D eigenvalue weighted by Gasteiger charge is -2.35. The molecule has 0 N–H and O–H groups in total. The van der Waals surface area contributed by atoms with Crippen LogP contribution in [-0.2, 0) is 11.3 Å². The van der Waals surface area contributed by atoms with Crippen LogP contribution < -0.4 is 0 Å². The van der Waals surface area contributed by atoms with Crippen molar-refractivity contribution in [3.8, 4) is 0 Å². The highest BCUT2D eigenvalue weighted by molar-refractivity contribution is 7.09. The molecule has 1 aliphatic heterocycles. The SMILES string of the molecule is COCc1nc(C(=O)N2CCCCC2c2ccc(F)cc2)cs1. The summed E-state index contributed by atoms with van der Waals surface area (Å²) in [4.78, 5) is 19.0. The molecule has 1 aromatic heterocycles. The number of rotatable bonds is 4. The number of piperidine rings is 1. The summed E-state index contributed by atoms with van der Waals surface area (Å²) in [5.74, 6) is -0.316. The Balaban J connectivity index is 1.82. The maximum Gasteiger partial charge on any atom is 0.273 e. The number of halogens is 1. The number of hydrogen-bond acceptors (Lipinski definition) is 4. The third-order valence-corrected chi connectivity index (χ3v) is 4.88. The van der Waals surface area contributed by atoms with Gasteiger partial charge in [-0.15, -0.1) is 11.3 Å². The molecule has 1 fully saturated rings. The molecule has 0 bridgehead atoms. The van der Waals surface area contributed by atoms with Crippen LogP contribution in [0.4, 0.5) is 4.39 Å². The summed E-state index contributed by atoms with van der Waals surface area (Å²) in [5, 5.41) is 2.58. The molecule has 23 heavy (non-hydrogen) atoms. The summed E-state index contributed by atoms with van der Waals surface area (Å²) in [7, 11) is 1.61. The summed E-state index contributed by atoms with van der Waals surface area (Å²) in [5.41, 5.74) is 1.45. The van der Waals surface area contributed by atoms with Gasteiger partial charge < -0.3 is 9.64 Å². The number of benzene rings is 1. The fraction of sp³-hybridized carbons (Fsp3) is 0.412. The highest BCUT2D eigenvalue weighted by Gasteiger charge is 2.29. The van der Waals surface area contributed by atoms with E-state index in [9.17, 15) is 9.18 Å². The summed E-state index contributed by atoms with van der Waals surface area (Å²) < 4.78 is 18.2. The first-order chi connectivity index (χ1) is 11.2. The van der Waals surface area contributed by atoms with E-state index in [1.54, 1.807) is 24.6 Å². The van der Waals surface area contributed by atoms with E-state index in [1.165, 1.54) is 23.5 Å². The minimum atomic E-state index is -0.258. The van der Waals surface area contributed by atoms with Gasteiger partial charge in [-0.05, 0) is 37.0 Å². The third-order valence-electron chi connectivity index (χ3n) is 4.06. The van der Waals surface area contributed by atoms with Crippen LogP contribution in [0, 0.1) is 5.82 Å². The Morgan fingerprint density at radius 2 is 2.17 bits per heavy atom. The first-order valence-corrected chi connectivity index (χ1v) is 8.57. The molecule has 1 saturated heterocycles. The van der Waals surface area contributed by atoms with Gasteiger partial charge in [0.05, 0.1) is 12.6 Å². The maximum atomic E-state index is 13.1. The van der Waals surface area contributed by atoms with Gasteiger partial charge in [0.25, 0.3) is 5.91 Å². The van der Waals surface area contributed by atoms with Crippen LogP contribution in [0.15, 0.2) is 29.6 Å². The number of ether oxygens (including phenoxy) is 1. The smallest absolute Gasteiger partial charge is 0.273 e. The number of amides is 1. The molecule has 2 aromatic rings. The number of likely N-dealkylation sites (tertiary alicyclic amines) is 1. The van der Waals surface area contributed by atoms with Crippen LogP contribution in [0.2, 0.25) is 0 Å². The Bertz CT molecular complexity index is 671. The number of carbonyl (C=O) groups excluding carboxylic acids is 1. The maximum absolute atomic E-state index is 13.1. The lowest BCUT2D eigenvalue weighted by molar-refractivity contribution is 0.0605. The third kappa shape index (κ3) is 3.59. The van der Waals surface area contributed by atoms with Crippen molar-refractivity contribution in [3.63, 3.8) is 0 Å². The molecule has 0 aliphatic carbocycles. The van der Waals surface area contributed by atoms with Gasteiger partial charge in [0.15, 0.2) is 0 Å². The van der Waals surface area contributed by atoms with Crippen molar-refractivity contribution in [2.24, 2.45) is 0 Å². The second-order valence-electron chi connectivity index (χ2n) is 5.62. The minimum Gasteiger partial charge on any atom is -0.378 e. The quantitative estimate of drug-likeness (QED) is 0.854. The van der Waals surface area contributed by atoms with Crippen molar-refractivity contribution in [2.75, 3.05) is 13.7 Å². The molecule has 3 rings (SSSR count). The Labute approximate surface area is 138 Å². The number of carbonyl (C=O) groups is 1. The molecular weight excluding hydrogens is 315 g/mol. The number of thiazole rings is 1. The van der Waals surface area contributed by atoms with Gasteiger partial charge in [-0.25, -0.2) is 9.37 Å². The number of methoxy groups -OCH3 is 1. The monoisotopic (exact) mass is 334 g/mol. The van der Waals surface area contributed by atoms with Crippen LogP contribution >= 0.6 is 11.3 Å². The lowest BCUT2D eigenvalue weighted by Crippen LogP contribution is -2.38. The zero-order chi connectivity index (χ0) is 16.2. The Kier molecular flexibility index (Phi) is 5.03. The van der Waals surface area contributed by atoms with Crippen molar-refractivity contribution in [1.29, 1.82) is 0 Å². The van der Waals surface area contributed by atoms with E-state index in [1.807, 2.05) is 4.90 Å². The van der Waals surface area contributed by atoms with Gasteiger partial charge in [0, 0.05) is 19.0 Å². The average molecular weight is 334 g/mol. The fourth-order valence-corrected chi connectivity index (χ4v) is 3.69. The van der Waals surface area contributed by atoms with Gasteiger partial charge in [0.1, 0.15) is 16.5 Å². The molecule has 1 aliphatic rings. The predicted molar refractivity (Wildman–Crippen MR) is 86.9 cm³/mol. The average Bonchev–Trinajstić information content (AvgIpc) is 3.04. The standard InChI is InChI=1S/C17H19FN2O2S/c1-22-10-16-19-14(11-23-16)17(21)20-9-3-2-4-15(20)12-5-7-13(18)8-6-12/h5-8,11,15H,2-4,9-10H2,1H3. The topological polar surface area (TPSA) is 42.4 Å². The lowest BCUT2D eigenvalue weighted by atomic mass is 9.95. The molecule has 1 unspecified atom stereocenters. The van der Waals surface area contributed by atoms with E-state index >= 15 is 0 Å². The highest BCUT2D eigenvalue weighted by Crippen LogP contribution is 2.32. The first kappa shape index (κ1) is 16.1. The molecule has 0 saturated carbocycles. The number of aromatic nitrogens is 1. The van der Waals surface area contributed by atoms with E-state index < -0.39 is 0 Å². The molecular formula is C17H19FN2O2S. The largest absolute Gasteiger partial charge is 0.378 e. The zero-order valence-electron chi connectivity index (χ0n) is 13.0. The Morgan fingerprint density at radius 1 is 1.39 bits per heavy atom. The van der Waals surface area contributed by atoms with E-state index in [2.05, 4.69) is 4.98 Å². The molecule has 2 heterocycles. The highest BCUT2D eigenvalue weighted by atomic mass is 32.1. The number of hydrogen-bond donors (Lipinski definition) is 0. The molecule has 0 radical (unpaired) electrons. The van der Waals surface area contributed by atoms with Crippen LogP contribution in [0.1, 0.15) is 46.4 Å². The van der Waals surface area contributed by atoms with Gasteiger partial charge in [0.2, 0.25) is 0 Å². The molecule has 1 aromatic carbocycles. The van der Waals surface area contributed by atoms with Gasteiger partial charge >= 0.3 is 0 Å². The van der Waals surface area contributed by atoms with Crippen molar-refractivity contribution in [1.82, 2.24) is 9.88 Å². The second kappa shape index (κ2) is 7.19. The summed E-state index contributed by atoms with van der Waals surface area (Å²) in [6.45, 7) is 1.12. The van der Waals surface area contributed by atoms with Crippen molar-refractivity contribution in [3.05, 3.63) is 51.7 Å².